The molecule has 0 heterocycles. The van der Waals surface area contributed by atoms with Crippen molar-refractivity contribution in [3.63, 3.8) is 0 Å². The first kappa shape index (κ1) is 15.1. The minimum absolute atomic E-state index is 0.0112. The van der Waals surface area contributed by atoms with Crippen LogP contribution in [-0.4, -0.2) is 22.2 Å². The Balaban J connectivity index is 2.14. The van der Waals surface area contributed by atoms with Gasteiger partial charge in [-0.05, 0) is 48.4 Å². The first-order valence-corrected chi connectivity index (χ1v) is 7.10. The van der Waals surface area contributed by atoms with Crippen molar-refractivity contribution in [2.24, 2.45) is 0 Å². The van der Waals surface area contributed by atoms with Crippen LogP contribution in [0.2, 0.25) is 0 Å². The third kappa shape index (κ3) is 4.10. The zero-order valence-corrected chi connectivity index (χ0v) is 12.2. The molecule has 5 heteroatoms. The van der Waals surface area contributed by atoms with Gasteiger partial charge < -0.3 is 10.2 Å². The average Bonchev–Trinajstić information content (AvgIpc) is 2.42. The Morgan fingerprint density at radius 1 is 1.05 bits per heavy atom. The van der Waals surface area contributed by atoms with Crippen LogP contribution in [0.3, 0.4) is 0 Å². The molecule has 0 spiro atoms. The molecule has 0 fully saturated rings. The molecule has 0 saturated carbocycles. The summed E-state index contributed by atoms with van der Waals surface area (Å²) >= 11 is 1.52. The van der Waals surface area contributed by atoms with Crippen LogP contribution in [-0.2, 0) is 11.2 Å². The highest BCUT2D eigenvalue weighted by molar-refractivity contribution is 7.99. The minimum atomic E-state index is -0.937. The van der Waals surface area contributed by atoms with Gasteiger partial charge >= 0.3 is 11.9 Å². The van der Waals surface area contributed by atoms with Gasteiger partial charge in [0.15, 0.2) is 0 Å². The summed E-state index contributed by atoms with van der Waals surface area (Å²) in [5, 5.41) is 17.7. The Kier molecular flexibility index (Phi) is 4.65. The molecule has 0 aromatic heterocycles. The van der Waals surface area contributed by atoms with E-state index in [1.807, 2.05) is 19.1 Å². The van der Waals surface area contributed by atoms with Crippen LogP contribution >= 0.6 is 11.8 Å². The van der Waals surface area contributed by atoms with E-state index in [4.69, 9.17) is 10.2 Å². The second-order valence-electron chi connectivity index (χ2n) is 4.60. The quantitative estimate of drug-likeness (QED) is 0.884. The fourth-order valence-electron chi connectivity index (χ4n) is 1.87. The summed E-state index contributed by atoms with van der Waals surface area (Å²) < 4.78 is 0. The van der Waals surface area contributed by atoms with E-state index in [0.29, 0.717) is 0 Å². The van der Waals surface area contributed by atoms with Gasteiger partial charge in [0, 0.05) is 9.79 Å². The molecule has 0 atom stereocenters. The largest absolute Gasteiger partial charge is 0.481 e. The summed E-state index contributed by atoms with van der Waals surface area (Å²) in [7, 11) is 0. The fraction of sp³-hybridized carbons (Fsp3) is 0.125. The lowest BCUT2D eigenvalue weighted by Crippen LogP contribution is -1.99. The lowest BCUT2D eigenvalue weighted by Gasteiger charge is -2.07. The number of aromatic carboxylic acids is 1. The maximum absolute atomic E-state index is 10.9. The molecular weight excluding hydrogens is 288 g/mol. The van der Waals surface area contributed by atoms with Crippen molar-refractivity contribution < 1.29 is 19.8 Å². The summed E-state index contributed by atoms with van der Waals surface area (Å²) in [5.41, 5.74) is 1.92. The van der Waals surface area contributed by atoms with Crippen LogP contribution in [0.25, 0.3) is 0 Å². The van der Waals surface area contributed by atoms with Gasteiger partial charge in [-0.15, -0.1) is 0 Å². The zero-order chi connectivity index (χ0) is 15.4. The Hall–Kier alpha value is -2.27. The van der Waals surface area contributed by atoms with Gasteiger partial charge in [-0.25, -0.2) is 4.79 Å². The molecule has 2 N–H and O–H groups in total. The average molecular weight is 302 g/mol. The number of aryl methyl sites for hydroxylation is 1. The van der Waals surface area contributed by atoms with Crippen LogP contribution in [0, 0.1) is 6.92 Å². The highest BCUT2D eigenvalue weighted by Gasteiger charge is 2.07. The number of carboxylic acids is 2. The van der Waals surface area contributed by atoms with Gasteiger partial charge in [0.25, 0.3) is 0 Å². The van der Waals surface area contributed by atoms with Gasteiger partial charge in [-0.2, -0.15) is 0 Å². The molecule has 0 radical (unpaired) electrons. The second-order valence-corrected chi connectivity index (χ2v) is 5.72. The fourth-order valence-corrected chi connectivity index (χ4v) is 2.76. The monoisotopic (exact) mass is 302 g/mol. The Morgan fingerprint density at radius 2 is 1.71 bits per heavy atom. The number of aliphatic carboxylic acids is 1. The topological polar surface area (TPSA) is 74.6 Å². The van der Waals surface area contributed by atoms with E-state index in [1.54, 1.807) is 30.3 Å². The lowest BCUT2D eigenvalue weighted by molar-refractivity contribution is -0.136. The third-order valence-electron chi connectivity index (χ3n) is 2.93. The molecule has 2 rings (SSSR count). The summed E-state index contributed by atoms with van der Waals surface area (Å²) in [6.45, 7) is 1.87. The molecule has 0 aliphatic heterocycles. The lowest BCUT2D eigenvalue weighted by atomic mass is 10.1. The summed E-state index contributed by atoms with van der Waals surface area (Å²) in [6, 6.07) is 12.3. The van der Waals surface area contributed by atoms with Crippen LogP contribution in [0.15, 0.2) is 52.3 Å². The van der Waals surface area contributed by atoms with Gasteiger partial charge in [0.1, 0.15) is 0 Å². The SMILES string of the molecule is Cc1cc(C(=O)O)ccc1Sc1ccc(CC(=O)O)cc1. The molecule has 0 aliphatic carbocycles. The van der Waals surface area contributed by atoms with Crippen LogP contribution in [0.1, 0.15) is 21.5 Å². The summed E-state index contributed by atoms with van der Waals surface area (Å²) in [4.78, 5) is 23.5. The van der Waals surface area contributed by atoms with Crippen molar-refractivity contribution in [3.05, 3.63) is 59.2 Å². The first-order chi connectivity index (χ1) is 9.95. The standard InChI is InChI=1S/C16H14O4S/c1-10-8-12(16(19)20)4-7-14(10)21-13-5-2-11(3-6-13)9-15(17)18/h2-8H,9H2,1H3,(H,17,18)(H,19,20). The Bertz CT molecular complexity index is 677. The van der Waals surface area contributed by atoms with Crippen LogP contribution < -0.4 is 0 Å². The normalized spacial score (nSPS) is 10.3. The van der Waals surface area contributed by atoms with E-state index in [0.717, 1.165) is 20.9 Å². The number of carboxylic acid groups (broad SMARTS) is 2. The predicted molar refractivity (Wildman–Crippen MR) is 80.0 cm³/mol. The van der Waals surface area contributed by atoms with E-state index in [9.17, 15) is 9.59 Å². The van der Waals surface area contributed by atoms with Gasteiger partial charge in [-0.1, -0.05) is 23.9 Å². The Morgan fingerprint density at radius 3 is 2.24 bits per heavy atom. The smallest absolute Gasteiger partial charge is 0.335 e. The number of hydrogen-bond donors (Lipinski definition) is 2. The molecule has 21 heavy (non-hydrogen) atoms. The highest BCUT2D eigenvalue weighted by Crippen LogP contribution is 2.30. The molecule has 0 saturated heterocycles. The predicted octanol–water partition coefficient (Wildman–Crippen LogP) is 3.47. The highest BCUT2D eigenvalue weighted by atomic mass is 32.2. The summed E-state index contributed by atoms with van der Waals surface area (Å²) in [5.74, 6) is -1.79. The molecule has 2 aromatic carbocycles. The molecular formula is C16H14O4S. The van der Waals surface area contributed by atoms with Gasteiger partial charge in [-0.3, -0.25) is 4.79 Å². The maximum atomic E-state index is 10.9. The Labute approximate surface area is 126 Å². The molecule has 0 bridgehead atoms. The molecule has 0 amide bonds. The van der Waals surface area contributed by atoms with Crippen molar-refractivity contribution in [2.75, 3.05) is 0 Å². The third-order valence-corrected chi connectivity index (χ3v) is 4.11. The van der Waals surface area contributed by atoms with Gasteiger partial charge in [0.2, 0.25) is 0 Å². The van der Waals surface area contributed by atoms with E-state index in [1.165, 1.54) is 11.8 Å². The van der Waals surface area contributed by atoms with E-state index in [2.05, 4.69) is 0 Å². The van der Waals surface area contributed by atoms with Crippen molar-refractivity contribution in [1.82, 2.24) is 0 Å². The van der Waals surface area contributed by atoms with Crippen molar-refractivity contribution in [2.45, 2.75) is 23.1 Å². The molecule has 2 aromatic rings. The van der Waals surface area contributed by atoms with Crippen molar-refractivity contribution >= 4 is 23.7 Å². The number of rotatable bonds is 5. The van der Waals surface area contributed by atoms with Crippen molar-refractivity contribution in [1.29, 1.82) is 0 Å². The minimum Gasteiger partial charge on any atom is -0.481 e. The molecule has 4 nitrogen and oxygen atoms in total. The van der Waals surface area contributed by atoms with Crippen molar-refractivity contribution in [3.8, 4) is 0 Å². The number of hydrogen-bond acceptors (Lipinski definition) is 3. The zero-order valence-electron chi connectivity index (χ0n) is 11.4. The first-order valence-electron chi connectivity index (χ1n) is 6.28. The van der Waals surface area contributed by atoms with E-state index < -0.39 is 11.9 Å². The molecule has 0 aliphatic rings. The van der Waals surface area contributed by atoms with E-state index in [-0.39, 0.29) is 12.0 Å². The van der Waals surface area contributed by atoms with E-state index >= 15 is 0 Å². The van der Waals surface area contributed by atoms with Crippen LogP contribution in [0.4, 0.5) is 0 Å². The van der Waals surface area contributed by atoms with Crippen LogP contribution in [0.5, 0.6) is 0 Å². The van der Waals surface area contributed by atoms with Gasteiger partial charge in [0.05, 0.1) is 12.0 Å². The molecule has 108 valence electrons. The number of carbonyl (C=O) groups is 2. The second kappa shape index (κ2) is 6.45. The maximum Gasteiger partial charge on any atom is 0.335 e. The molecule has 0 unspecified atom stereocenters. The number of benzene rings is 2. The summed E-state index contributed by atoms with van der Waals surface area (Å²) in [6.07, 6.45) is 0.0112.